The van der Waals surface area contributed by atoms with Gasteiger partial charge in [0.2, 0.25) is 10.0 Å². The van der Waals surface area contributed by atoms with E-state index in [0.717, 1.165) is 11.1 Å². The number of thiophene rings is 1. The summed E-state index contributed by atoms with van der Waals surface area (Å²) in [4.78, 5) is 0.134. The number of halogens is 1. The van der Waals surface area contributed by atoms with Crippen LogP contribution in [0.2, 0.25) is 5.02 Å². The summed E-state index contributed by atoms with van der Waals surface area (Å²) in [5.74, 6) is 0.306. The quantitative estimate of drug-likeness (QED) is 0.858. The van der Waals surface area contributed by atoms with Crippen LogP contribution in [-0.4, -0.2) is 44.1 Å². The maximum absolute atomic E-state index is 13.2. The monoisotopic (exact) mass is 399 g/mol. The zero-order valence-corrected chi connectivity index (χ0v) is 15.8. The van der Waals surface area contributed by atoms with Crippen LogP contribution < -0.4 is 4.74 Å². The first kappa shape index (κ1) is 17.3. The van der Waals surface area contributed by atoms with Crippen molar-refractivity contribution in [2.75, 3.05) is 26.3 Å². The molecule has 2 aromatic rings. The van der Waals surface area contributed by atoms with E-state index in [4.69, 9.17) is 16.3 Å². The first-order valence-electron chi connectivity index (χ1n) is 8.09. The molecule has 4 rings (SSSR count). The van der Waals surface area contributed by atoms with Gasteiger partial charge in [-0.25, -0.2) is 8.42 Å². The molecule has 1 aromatic carbocycles. The third-order valence-corrected chi connectivity index (χ3v) is 7.70. The zero-order valence-electron chi connectivity index (χ0n) is 13.4. The molecule has 8 heteroatoms. The van der Waals surface area contributed by atoms with Gasteiger partial charge in [-0.15, -0.1) is 0 Å². The van der Waals surface area contributed by atoms with Crippen LogP contribution in [-0.2, 0) is 16.4 Å². The minimum absolute atomic E-state index is 0.000763. The van der Waals surface area contributed by atoms with Crippen molar-refractivity contribution in [1.29, 1.82) is 0 Å². The molecule has 0 amide bonds. The molecule has 2 atom stereocenters. The number of rotatable bonds is 4. The minimum Gasteiger partial charge on any atom is -0.492 e. The Labute approximate surface area is 155 Å². The van der Waals surface area contributed by atoms with Crippen molar-refractivity contribution >= 4 is 33.0 Å². The van der Waals surface area contributed by atoms with Gasteiger partial charge in [-0.3, -0.25) is 0 Å². The summed E-state index contributed by atoms with van der Waals surface area (Å²) in [5.41, 5.74) is 1.91. The van der Waals surface area contributed by atoms with Gasteiger partial charge in [0.1, 0.15) is 10.6 Å². The number of aliphatic hydroxyl groups excluding tert-OH is 1. The fraction of sp³-hybridized carbons (Fsp3) is 0.412. The maximum Gasteiger partial charge on any atom is 0.246 e. The second-order valence-electron chi connectivity index (χ2n) is 6.42. The molecule has 1 aromatic heterocycles. The molecule has 0 aliphatic carbocycles. The number of hydrogen-bond donors (Lipinski definition) is 1. The molecule has 0 radical (unpaired) electrons. The lowest BCUT2D eigenvalue weighted by Gasteiger charge is -2.18. The van der Waals surface area contributed by atoms with Crippen LogP contribution in [0.1, 0.15) is 17.0 Å². The predicted octanol–water partition coefficient (Wildman–Crippen LogP) is 2.73. The van der Waals surface area contributed by atoms with Crippen LogP contribution in [0.4, 0.5) is 0 Å². The molecular formula is C17H18ClNO4S2. The summed E-state index contributed by atoms with van der Waals surface area (Å²) < 4.78 is 33.5. The molecule has 2 aliphatic heterocycles. The van der Waals surface area contributed by atoms with Gasteiger partial charge in [0.25, 0.3) is 0 Å². The van der Waals surface area contributed by atoms with Crippen molar-refractivity contribution in [3.05, 3.63) is 45.1 Å². The van der Waals surface area contributed by atoms with Gasteiger partial charge in [-0.05, 0) is 34.5 Å². The Kier molecular flexibility index (Phi) is 4.54. The van der Waals surface area contributed by atoms with E-state index in [-0.39, 0.29) is 23.3 Å². The summed E-state index contributed by atoms with van der Waals surface area (Å²) in [6.07, 6.45) is 0.662. The molecule has 3 heterocycles. The van der Waals surface area contributed by atoms with E-state index >= 15 is 0 Å². The standard InChI is InChI=1S/C17H18ClNO4S2/c18-14-5-11-1-3-23-17(11)16(6-14)25(21,22)19-7-13(9-20)15(8-19)12-2-4-24-10-12/h2,4-6,10,13,15,20H,1,3,7-9H2/t13-,15+/m1/s1. The normalized spacial score (nSPS) is 23.6. The summed E-state index contributed by atoms with van der Waals surface area (Å²) >= 11 is 7.71. The molecular weight excluding hydrogens is 382 g/mol. The lowest BCUT2D eigenvalue weighted by atomic mass is 9.92. The smallest absolute Gasteiger partial charge is 0.246 e. The summed E-state index contributed by atoms with van der Waals surface area (Å²) in [7, 11) is -3.74. The van der Waals surface area contributed by atoms with Gasteiger partial charge in [0.05, 0.1) is 6.61 Å². The summed E-state index contributed by atoms with van der Waals surface area (Å²) in [5, 5.41) is 14.1. The fourth-order valence-electron chi connectivity index (χ4n) is 3.64. The Balaban J connectivity index is 1.70. The van der Waals surface area contributed by atoms with Crippen LogP contribution in [0, 0.1) is 5.92 Å². The molecule has 1 fully saturated rings. The molecule has 0 spiro atoms. The number of sulfonamides is 1. The molecule has 2 aliphatic rings. The highest BCUT2D eigenvalue weighted by atomic mass is 35.5. The number of benzene rings is 1. The third-order valence-electron chi connectivity index (χ3n) is 4.95. The molecule has 5 nitrogen and oxygen atoms in total. The van der Waals surface area contributed by atoms with Gasteiger partial charge in [-0.2, -0.15) is 15.6 Å². The maximum atomic E-state index is 13.2. The van der Waals surface area contributed by atoms with Crippen molar-refractivity contribution in [2.24, 2.45) is 5.92 Å². The predicted molar refractivity (Wildman–Crippen MR) is 97.0 cm³/mol. The largest absolute Gasteiger partial charge is 0.492 e. The van der Waals surface area contributed by atoms with Gasteiger partial charge < -0.3 is 9.84 Å². The van der Waals surface area contributed by atoms with Crippen LogP contribution in [0.25, 0.3) is 0 Å². The Morgan fingerprint density at radius 3 is 2.92 bits per heavy atom. The summed E-state index contributed by atoms with van der Waals surface area (Å²) in [6.45, 7) is 1.07. The number of aliphatic hydroxyl groups is 1. The highest BCUT2D eigenvalue weighted by molar-refractivity contribution is 7.89. The lowest BCUT2D eigenvalue weighted by Crippen LogP contribution is -2.29. The van der Waals surface area contributed by atoms with Crippen molar-refractivity contribution < 1.29 is 18.3 Å². The Morgan fingerprint density at radius 2 is 2.20 bits per heavy atom. The second kappa shape index (κ2) is 6.55. The van der Waals surface area contributed by atoms with Crippen molar-refractivity contribution in [3.63, 3.8) is 0 Å². The number of hydrogen-bond acceptors (Lipinski definition) is 5. The molecule has 1 saturated heterocycles. The van der Waals surface area contributed by atoms with E-state index in [1.165, 1.54) is 10.4 Å². The van der Waals surface area contributed by atoms with Crippen molar-refractivity contribution in [1.82, 2.24) is 4.31 Å². The van der Waals surface area contributed by atoms with Crippen molar-refractivity contribution in [2.45, 2.75) is 17.2 Å². The average Bonchev–Trinajstić information content (AvgIpc) is 3.32. The Morgan fingerprint density at radius 1 is 1.36 bits per heavy atom. The van der Waals surface area contributed by atoms with E-state index < -0.39 is 10.0 Å². The number of nitrogens with zero attached hydrogens (tertiary/aromatic N) is 1. The molecule has 1 N–H and O–H groups in total. The van der Waals surface area contributed by atoms with E-state index in [2.05, 4.69) is 0 Å². The third kappa shape index (κ3) is 2.98. The van der Waals surface area contributed by atoms with Crippen LogP contribution >= 0.6 is 22.9 Å². The van der Waals surface area contributed by atoms with E-state index in [9.17, 15) is 13.5 Å². The molecule has 25 heavy (non-hydrogen) atoms. The van der Waals surface area contributed by atoms with Gasteiger partial charge in [-0.1, -0.05) is 11.6 Å². The second-order valence-corrected chi connectivity index (χ2v) is 9.54. The first-order chi connectivity index (χ1) is 12.0. The lowest BCUT2D eigenvalue weighted by molar-refractivity contribution is 0.223. The Hall–Kier alpha value is -1.12. The summed E-state index contributed by atoms with van der Waals surface area (Å²) in [6, 6.07) is 5.22. The van der Waals surface area contributed by atoms with Crippen molar-refractivity contribution in [3.8, 4) is 5.75 Å². The van der Waals surface area contributed by atoms with Gasteiger partial charge >= 0.3 is 0 Å². The Bertz CT molecular complexity index is 882. The fourth-order valence-corrected chi connectivity index (χ4v) is 6.40. The minimum atomic E-state index is -3.74. The van der Waals surface area contributed by atoms with Gasteiger partial charge in [0.15, 0.2) is 0 Å². The highest BCUT2D eigenvalue weighted by Crippen LogP contribution is 2.41. The van der Waals surface area contributed by atoms with Crippen LogP contribution in [0.5, 0.6) is 5.75 Å². The van der Waals surface area contributed by atoms with Gasteiger partial charge in [0, 0.05) is 48.5 Å². The van der Waals surface area contributed by atoms with E-state index in [0.29, 0.717) is 36.9 Å². The van der Waals surface area contributed by atoms with Crippen LogP contribution in [0.15, 0.2) is 33.9 Å². The topological polar surface area (TPSA) is 66.8 Å². The molecule has 0 saturated carbocycles. The zero-order chi connectivity index (χ0) is 17.6. The molecule has 134 valence electrons. The van der Waals surface area contributed by atoms with Crippen LogP contribution in [0.3, 0.4) is 0 Å². The molecule has 0 bridgehead atoms. The number of ether oxygens (including phenoxy) is 1. The highest BCUT2D eigenvalue weighted by Gasteiger charge is 2.41. The van der Waals surface area contributed by atoms with E-state index in [1.807, 2.05) is 16.8 Å². The average molecular weight is 400 g/mol. The first-order valence-corrected chi connectivity index (χ1v) is 10.8. The molecule has 0 unspecified atom stereocenters. The number of fused-ring (bicyclic) bond motifs is 1. The SMILES string of the molecule is O=S(=O)(c1cc(Cl)cc2c1OCC2)N1C[C@H](CO)[C@H](c2ccsc2)C1. The van der Waals surface area contributed by atoms with E-state index in [1.54, 1.807) is 17.4 Å².